The lowest BCUT2D eigenvalue weighted by molar-refractivity contribution is -0.144. The van der Waals surface area contributed by atoms with Crippen LogP contribution in [0.3, 0.4) is 0 Å². The summed E-state index contributed by atoms with van der Waals surface area (Å²) in [6, 6.07) is 40.9. The standard InChI is InChI=1S/C55H61BIN3O7Si/c1-55(2,3)68(42-18-10-6-11-19-42,43-20-12-7-13-21-43)66-36-40-33-44-51(54(63)60(53(44)62)41-25-28-59(29-26-41)35-37-16-8-5-9-17-37)45-34-56(64)67-48(50(40)45)24-23-39(47-22-14-15-27-58-47)30-38-31-46(57)52(61)49(32-38)65-4/h5-22,27,30-32,41,44-45,48,51,61,64H,23-26,28-29,33-36H2,1-4H3/b39-30-/t44-,45+,48-,51-/m1/s1. The number of imide groups is 1. The Balaban J connectivity index is 1.09. The highest BCUT2D eigenvalue weighted by molar-refractivity contribution is 14.1. The highest BCUT2D eigenvalue weighted by Gasteiger charge is 2.59. The van der Waals surface area contributed by atoms with Crippen LogP contribution in [0.4, 0.5) is 0 Å². The summed E-state index contributed by atoms with van der Waals surface area (Å²) in [4.78, 5) is 38.8. The van der Waals surface area contributed by atoms with Crippen LogP contribution in [0.25, 0.3) is 11.6 Å². The molecule has 1 aliphatic carbocycles. The lowest BCUT2D eigenvalue weighted by Crippen LogP contribution is -2.66. The fourth-order valence-electron chi connectivity index (χ4n) is 11.6. The molecule has 13 heteroatoms. The Kier molecular flexibility index (Phi) is 14.6. The predicted molar refractivity (Wildman–Crippen MR) is 279 cm³/mol. The van der Waals surface area contributed by atoms with Crippen LogP contribution in [0.1, 0.15) is 69.7 Å². The highest BCUT2D eigenvalue weighted by atomic mass is 127. The number of rotatable bonds is 14. The number of phenols is 1. The number of hydrogen-bond donors (Lipinski definition) is 2. The van der Waals surface area contributed by atoms with Crippen molar-refractivity contribution in [2.24, 2.45) is 17.8 Å². The number of allylic oxidation sites excluding steroid dienone is 1. The molecule has 4 atom stereocenters. The van der Waals surface area contributed by atoms with Crippen LogP contribution in [0, 0.1) is 21.3 Å². The molecule has 68 heavy (non-hydrogen) atoms. The van der Waals surface area contributed by atoms with Gasteiger partial charge in [0.25, 0.3) is 8.32 Å². The Morgan fingerprint density at radius 2 is 1.54 bits per heavy atom. The average molecular weight is 1040 g/mol. The Morgan fingerprint density at radius 3 is 2.16 bits per heavy atom. The summed E-state index contributed by atoms with van der Waals surface area (Å²) in [5.41, 5.74) is 5.79. The van der Waals surface area contributed by atoms with Crippen molar-refractivity contribution < 1.29 is 33.5 Å². The molecule has 352 valence electrons. The van der Waals surface area contributed by atoms with Gasteiger partial charge in [-0.05, 0) is 141 Å². The van der Waals surface area contributed by atoms with Gasteiger partial charge >= 0.3 is 7.12 Å². The molecule has 3 fully saturated rings. The number of phenolic OH excluding ortho intramolecular Hbond substituents is 1. The first-order valence-electron chi connectivity index (χ1n) is 24.0. The lowest BCUT2D eigenvalue weighted by atomic mass is 9.58. The molecule has 2 amide bonds. The van der Waals surface area contributed by atoms with Crippen molar-refractivity contribution in [2.75, 3.05) is 26.8 Å². The van der Waals surface area contributed by atoms with Crippen molar-refractivity contribution in [1.82, 2.24) is 14.8 Å². The van der Waals surface area contributed by atoms with Gasteiger partial charge in [-0.25, -0.2) is 0 Å². The molecule has 0 unspecified atom stereocenters. The maximum Gasteiger partial charge on any atom is 0.455 e. The zero-order valence-corrected chi connectivity index (χ0v) is 42.5. The number of halogens is 1. The zero-order chi connectivity index (χ0) is 47.6. The Bertz CT molecular complexity index is 2600. The van der Waals surface area contributed by atoms with E-state index in [1.807, 2.05) is 48.5 Å². The summed E-state index contributed by atoms with van der Waals surface area (Å²) in [7, 11) is -2.63. The molecule has 3 aliphatic heterocycles. The predicted octanol–water partition coefficient (Wildman–Crippen LogP) is 8.76. The average Bonchev–Trinajstić information content (AvgIpc) is 3.60. The second-order valence-electron chi connectivity index (χ2n) is 19.8. The number of ether oxygens (including phenoxy) is 1. The van der Waals surface area contributed by atoms with E-state index >= 15 is 4.79 Å². The van der Waals surface area contributed by atoms with Gasteiger partial charge in [0.05, 0.1) is 40.9 Å². The monoisotopic (exact) mass is 1040 g/mol. The van der Waals surface area contributed by atoms with Gasteiger partial charge in [-0.3, -0.25) is 24.4 Å². The number of methoxy groups -OCH3 is 1. The molecular formula is C55H61BIN3O7Si. The van der Waals surface area contributed by atoms with Gasteiger partial charge in [-0.1, -0.05) is 118 Å². The Morgan fingerprint density at radius 1 is 0.897 bits per heavy atom. The van der Waals surface area contributed by atoms with E-state index in [-0.39, 0.29) is 41.6 Å². The number of carbonyl (C=O) groups excluding carboxylic acids is 2. The van der Waals surface area contributed by atoms with E-state index < -0.39 is 39.3 Å². The number of likely N-dealkylation sites (tertiary alicyclic amines) is 2. The second-order valence-corrected chi connectivity index (χ2v) is 25.3. The molecule has 2 N–H and O–H groups in total. The van der Waals surface area contributed by atoms with E-state index in [9.17, 15) is 14.9 Å². The first-order valence-corrected chi connectivity index (χ1v) is 27.0. The number of aromatic hydroxyl groups is 1. The van der Waals surface area contributed by atoms with Crippen molar-refractivity contribution >= 4 is 71.9 Å². The van der Waals surface area contributed by atoms with Crippen molar-refractivity contribution in [2.45, 2.75) is 82.9 Å². The van der Waals surface area contributed by atoms with Crippen molar-refractivity contribution in [3.8, 4) is 11.5 Å². The van der Waals surface area contributed by atoms with Crippen molar-refractivity contribution in [1.29, 1.82) is 0 Å². The number of nitrogens with zero attached hydrogens (tertiary/aromatic N) is 3. The van der Waals surface area contributed by atoms with Gasteiger partial charge in [-0.15, -0.1) is 0 Å². The van der Waals surface area contributed by atoms with Gasteiger partial charge < -0.3 is 23.9 Å². The molecule has 1 aromatic heterocycles. The van der Waals surface area contributed by atoms with E-state index in [0.29, 0.717) is 28.6 Å². The van der Waals surface area contributed by atoms with Gasteiger partial charge in [0, 0.05) is 31.9 Å². The van der Waals surface area contributed by atoms with E-state index in [1.54, 1.807) is 11.1 Å². The topological polar surface area (TPSA) is 122 Å². The van der Waals surface area contributed by atoms with Gasteiger partial charge in [0.1, 0.15) is 0 Å². The van der Waals surface area contributed by atoms with Crippen LogP contribution in [-0.4, -0.2) is 91.1 Å². The lowest BCUT2D eigenvalue weighted by Gasteiger charge is -2.46. The first-order chi connectivity index (χ1) is 32.9. The number of aromatic nitrogens is 1. The molecule has 5 aromatic rings. The fraction of sp³-hybridized carbons (Fsp3) is 0.364. The fourth-order valence-corrected chi connectivity index (χ4v) is 16.7. The zero-order valence-electron chi connectivity index (χ0n) is 39.4. The minimum absolute atomic E-state index is 0.0858. The number of benzene rings is 4. The van der Waals surface area contributed by atoms with E-state index in [1.165, 1.54) is 12.7 Å². The van der Waals surface area contributed by atoms with Gasteiger partial charge in [-0.2, -0.15) is 0 Å². The summed E-state index contributed by atoms with van der Waals surface area (Å²) in [5.74, 6) is -1.32. The number of hydrogen-bond acceptors (Lipinski definition) is 9. The normalized spacial score (nSPS) is 21.8. The quantitative estimate of drug-likeness (QED) is 0.0487. The molecule has 0 bridgehead atoms. The summed E-state index contributed by atoms with van der Waals surface area (Å²) in [6.45, 7) is 9.48. The number of piperidine rings is 1. The largest absolute Gasteiger partial charge is 0.504 e. The highest BCUT2D eigenvalue weighted by Crippen LogP contribution is 2.52. The number of carbonyl (C=O) groups is 2. The van der Waals surface area contributed by atoms with Crippen LogP contribution < -0.4 is 15.1 Å². The summed E-state index contributed by atoms with van der Waals surface area (Å²) < 4.78 is 20.4. The van der Waals surface area contributed by atoms with E-state index in [4.69, 9.17) is 18.8 Å². The molecule has 0 radical (unpaired) electrons. The number of amides is 2. The molecule has 4 aliphatic rings. The van der Waals surface area contributed by atoms with Gasteiger partial charge in [0.15, 0.2) is 11.5 Å². The number of fused-ring (bicyclic) bond motifs is 3. The summed E-state index contributed by atoms with van der Waals surface area (Å²) >= 11 is 2.11. The minimum atomic E-state index is -3.04. The Hall–Kier alpha value is -4.90. The maximum absolute atomic E-state index is 15.0. The third-order valence-electron chi connectivity index (χ3n) is 14.7. The third-order valence-corrected chi connectivity index (χ3v) is 20.5. The Labute approximate surface area is 415 Å². The summed E-state index contributed by atoms with van der Waals surface area (Å²) in [5, 5.41) is 24.4. The summed E-state index contributed by atoms with van der Waals surface area (Å²) in [6.07, 6.45) is 6.30. The molecular weight excluding hydrogens is 980 g/mol. The van der Waals surface area contributed by atoms with Crippen LogP contribution in [0.5, 0.6) is 11.5 Å². The third kappa shape index (κ3) is 9.67. The molecule has 9 rings (SSSR count). The molecule has 10 nitrogen and oxygen atoms in total. The van der Waals surface area contributed by atoms with Crippen molar-refractivity contribution in [3.63, 3.8) is 0 Å². The maximum atomic E-state index is 15.0. The molecule has 0 saturated carbocycles. The van der Waals surface area contributed by atoms with Crippen LogP contribution in [-0.2, 0) is 25.2 Å². The second kappa shape index (κ2) is 20.6. The van der Waals surface area contributed by atoms with E-state index in [0.717, 1.165) is 70.8 Å². The van der Waals surface area contributed by atoms with Crippen LogP contribution in [0.15, 0.2) is 139 Å². The van der Waals surface area contributed by atoms with Crippen molar-refractivity contribution in [3.05, 3.63) is 159 Å². The van der Waals surface area contributed by atoms with Crippen LogP contribution >= 0.6 is 22.6 Å². The smallest absolute Gasteiger partial charge is 0.455 e. The SMILES string of the molecule is COc1cc(/C=C(/CC[C@H]2OB(O)C[C@H]3C2=C(CO[Si](c2ccccc2)(c2ccccc2)C(C)(C)C)C[C@H]2C(=O)N(C4CCN(Cc5ccccc5)CC4)C(=O)[C@H]23)c2ccccn2)cc(I)c1O. The first kappa shape index (κ1) is 48.1. The molecule has 4 heterocycles. The van der Waals surface area contributed by atoms with E-state index in [2.05, 4.69) is 127 Å². The molecule has 4 aromatic carbocycles. The number of pyridine rings is 1. The minimum Gasteiger partial charge on any atom is -0.504 e. The van der Waals surface area contributed by atoms with Gasteiger partial charge in [0.2, 0.25) is 11.8 Å². The van der Waals surface area contributed by atoms with Crippen LogP contribution in [0.2, 0.25) is 11.4 Å². The molecule has 3 saturated heterocycles. The molecule has 0 spiro atoms.